The molecular weight excluding hydrogens is 270 g/mol. The largest absolute Gasteiger partial charge is 0.454 e. The summed E-state index contributed by atoms with van der Waals surface area (Å²) >= 11 is 0. The van der Waals surface area contributed by atoms with Crippen LogP contribution in [-0.2, 0) is 11.2 Å². The predicted molar refractivity (Wildman–Crippen MR) is 76.0 cm³/mol. The average Bonchev–Trinajstić information content (AvgIpc) is 2.90. The van der Waals surface area contributed by atoms with E-state index in [1.807, 2.05) is 24.3 Å². The number of nitro benzene ring substituents is 1. The molecule has 0 saturated carbocycles. The topological polar surface area (TPSA) is 69.4 Å². The maximum atomic E-state index is 12.2. The van der Waals surface area contributed by atoms with Crippen LogP contribution in [0.1, 0.15) is 34.0 Å². The van der Waals surface area contributed by atoms with Crippen LogP contribution in [0.4, 0.5) is 5.69 Å². The third kappa shape index (κ3) is 2.50. The van der Waals surface area contributed by atoms with Crippen molar-refractivity contribution in [2.75, 3.05) is 0 Å². The first-order valence-electron chi connectivity index (χ1n) is 6.69. The van der Waals surface area contributed by atoms with E-state index in [1.165, 1.54) is 18.2 Å². The first-order valence-corrected chi connectivity index (χ1v) is 6.69. The van der Waals surface area contributed by atoms with Crippen LogP contribution in [0.3, 0.4) is 0 Å². The van der Waals surface area contributed by atoms with Gasteiger partial charge in [-0.1, -0.05) is 36.4 Å². The molecule has 0 aromatic heterocycles. The van der Waals surface area contributed by atoms with Crippen LogP contribution in [0.25, 0.3) is 0 Å². The van der Waals surface area contributed by atoms with E-state index in [2.05, 4.69) is 0 Å². The fraction of sp³-hybridized carbons (Fsp3) is 0.188. The van der Waals surface area contributed by atoms with Gasteiger partial charge in [0.05, 0.1) is 4.92 Å². The number of aryl methyl sites for hydroxylation is 1. The summed E-state index contributed by atoms with van der Waals surface area (Å²) in [4.78, 5) is 22.6. The van der Waals surface area contributed by atoms with Gasteiger partial charge in [-0.2, -0.15) is 0 Å². The summed E-state index contributed by atoms with van der Waals surface area (Å²) in [6.45, 7) is 0. The quantitative estimate of drug-likeness (QED) is 0.491. The second kappa shape index (κ2) is 5.36. The molecule has 0 unspecified atom stereocenters. The summed E-state index contributed by atoms with van der Waals surface area (Å²) in [6, 6.07) is 13.6. The molecule has 0 N–H and O–H groups in total. The molecule has 0 spiro atoms. The van der Waals surface area contributed by atoms with Gasteiger partial charge in [-0.05, 0) is 30.0 Å². The lowest BCUT2D eigenvalue weighted by Crippen LogP contribution is -2.11. The lowest BCUT2D eigenvalue weighted by Gasteiger charge is -2.13. The maximum absolute atomic E-state index is 12.2. The zero-order valence-corrected chi connectivity index (χ0v) is 11.2. The highest BCUT2D eigenvalue weighted by Gasteiger charge is 2.28. The van der Waals surface area contributed by atoms with Crippen molar-refractivity contribution in [3.05, 3.63) is 75.3 Å². The standard InChI is InChI=1S/C16H13NO4/c18-16(13-7-3-4-8-14(13)17(19)20)21-15-10-9-11-5-1-2-6-12(11)15/h1-8,15H,9-10H2/t15-/m1/s1. The lowest BCUT2D eigenvalue weighted by atomic mass is 10.1. The van der Waals surface area contributed by atoms with Crippen LogP contribution in [0.5, 0.6) is 0 Å². The molecule has 5 heteroatoms. The van der Waals surface area contributed by atoms with Gasteiger partial charge in [0.15, 0.2) is 0 Å². The Morgan fingerprint density at radius 1 is 1.14 bits per heavy atom. The highest BCUT2D eigenvalue weighted by molar-refractivity contribution is 5.94. The van der Waals surface area contributed by atoms with Crippen molar-refractivity contribution >= 4 is 11.7 Å². The number of carbonyl (C=O) groups excluding carboxylic acids is 1. The monoisotopic (exact) mass is 283 g/mol. The van der Waals surface area contributed by atoms with Crippen molar-refractivity contribution in [1.29, 1.82) is 0 Å². The van der Waals surface area contributed by atoms with E-state index < -0.39 is 10.9 Å². The maximum Gasteiger partial charge on any atom is 0.345 e. The predicted octanol–water partition coefficient (Wildman–Crippen LogP) is 3.44. The molecular formula is C16H13NO4. The van der Waals surface area contributed by atoms with Crippen molar-refractivity contribution < 1.29 is 14.5 Å². The Morgan fingerprint density at radius 3 is 2.67 bits per heavy atom. The zero-order valence-electron chi connectivity index (χ0n) is 11.2. The summed E-state index contributed by atoms with van der Waals surface area (Å²) < 4.78 is 5.47. The molecule has 0 radical (unpaired) electrons. The number of nitro groups is 1. The molecule has 106 valence electrons. The summed E-state index contributed by atoms with van der Waals surface area (Å²) in [7, 11) is 0. The van der Waals surface area contributed by atoms with Crippen LogP contribution < -0.4 is 0 Å². The Labute approximate surface area is 121 Å². The van der Waals surface area contributed by atoms with Gasteiger partial charge in [-0.15, -0.1) is 0 Å². The van der Waals surface area contributed by atoms with Gasteiger partial charge in [0.2, 0.25) is 0 Å². The fourth-order valence-corrected chi connectivity index (χ4v) is 2.64. The van der Waals surface area contributed by atoms with Crippen molar-refractivity contribution in [3.63, 3.8) is 0 Å². The lowest BCUT2D eigenvalue weighted by molar-refractivity contribution is -0.385. The molecule has 0 amide bonds. The highest BCUT2D eigenvalue weighted by atomic mass is 16.6. The minimum absolute atomic E-state index is 0.00752. The third-order valence-electron chi connectivity index (χ3n) is 3.65. The van der Waals surface area contributed by atoms with Crippen LogP contribution >= 0.6 is 0 Å². The van der Waals surface area contributed by atoms with E-state index in [0.29, 0.717) is 6.42 Å². The number of hydrogen-bond acceptors (Lipinski definition) is 4. The van der Waals surface area contributed by atoms with Crippen molar-refractivity contribution in [2.45, 2.75) is 18.9 Å². The molecule has 5 nitrogen and oxygen atoms in total. The summed E-state index contributed by atoms with van der Waals surface area (Å²) in [5, 5.41) is 11.0. The summed E-state index contributed by atoms with van der Waals surface area (Å²) in [6.07, 6.45) is 1.24. The fourth-order valence-electron chi connectivity index (χ4n) is 2.64. The molecule has 1 aliphatic carbocycles. The van der Waals surface area contributed by atoms with Crippen molar-refractivity contribution in [2.24, 2.45) is 0 Å². The Bertz CT molecular complexity index is 711. The minimum Gasteiger partial charge on any atom is -0.454 e. The number of esters is 1. The van der Waals surface area contributed by atoms with Gasteiger partial charge in [-0.25, -0.2) is 4.79 Å². The SMILES string of the molecule is O=C(O[C@@H]1CCc2ccccc21)c1ccccc1[N+](=O)[O-]. The number of para-hydroxylation sites is 1. The van der Waals surface area contributed by atoms with Gasteiger partial charge in [0.25, 0.3) is 5.69 Å². The van der Waals surface area contributed by atoms with Gasteiger partial charge < -0.3 is 4.74 Å². The molecule has 0 saturated heterocycles. The third-order valence-corrected chi connectivity index (χ3v) is 3.65. The number of hydrogen-bond donors (Lipinski definition) is 0. The molecule has 1 aliphatic rings. The van der Waals surface area contributed by atoms with E-state index in [9.17, 15) is 14.9 Å². The minimum atomic E-state index is -0.649. The zero-order chi connectivity index (χ0) is 14.8. The van der Waals surface area contributed by atoms with Gasteiger partial charge >= 0.3 is 5.97 Å². The Balaban J connectivity index is 1.84. The smallest absolute Gasteiger partial charge is 0.345 e. The molecule has 21 heavy (non-hydrogen) atoms. The number of ether oxygens (including phenoxy) is 1. The first-order chi connectivity index (χ1) is 10.2. The molecule has 0 aliphatic heterocycles. The molecule has 0 heterocycles. The molecule has 0 fully saturated rings. The molecule has 1 atom stereocenters. The molecule has 3 rings (SSSR count). The Morgan fingerprint density at radius 2 is 1.86 bits per heavy atom. The highest BCUT2D eigenvalue weighted by Crippen LogP contribution is 2.34. The second-order valence-corrected chi connectivity index (χ2v) is 4.91. The van der Waals surface area contributed by atoms with Crippen molar-refractivity contribution in [1.82, 2.24) is 0 Å². The number of fused-ring (bicyclic) bond motifs is 1. The van der Waals surface area contributed by atoms with Crippen LogP contribution in [0.15, 0.2) is 48.5 Å². The van der Waals surface area contributed by atoms with E-state index in [0.717, 1.165) is 17.5 Å². The molecule has 0 bridgehead atoms. The average molecular weight is 283 g/mol. The Hall–Kier alpha value is -2.69. The van der Waals surface area contributed by atoms with E-state index in [4.69, 9.17) is 4.74 Å². The van der Waals surface area contributed by atoms with Gasteiger partial charge in [0.1, 0.15) is 11.7 Å². The van der Waals surface area contributed by atoms with E-state index >= 15 is 0 Å². The number of benzene rings is 2. The van der Waals surface area contributed by atoms with E-state index in [1.54, 1.807) is 6.07 Å². The summed E-state index contributed by atoms with van der Waals surface area (Å²) in [5.41, 5.74) is 1.92. The Kier molecular flexibility index (Phi) is 3.39. The first kappa shape index (κ1) is 13.3. The van der Waals surface area contributed by atoms with Crippen LogP contribution in [0, 0.1) is 10.1 Å². The normalized spacial score (nSPS) is 16.3. The molecule has 2 aromatic carbocycles. The van der Waals surface area contributed by atoms with Gasteiger partial charge in [0, 0.05) is 6.07 Å². The van der Waals surface area contributed by atoms with E-state index in [-0.39, 0.29) is 17.4 Å². The van der Waals surface area contributed by atoms with Crippen LogP contribution in [-0.4, -0.2) is 10.9 Å². The number of rotatable bonds is 3. The van der Waals surface area contributed by atoms with Crippen molar-refractivity contribution in [3.8, 4) is 0 Å². The van der Waals surface area contributed by atoms with Gasteiger partial charge in [-0.3, -0.25) is 10.1 Å². The second-order valence-electron chi connectivity index (χ2n) is 4.91. The number of nitrogens with zero attached hydrogens (tertiary/aromatic N) is 1. The summed E-state index contributed by atoms with van der Waals surface area (Å²) in [5.74, 6) is -0.649. The number of carbonyl (C=O) groups is 1. The molecule has 2 aromatic rings. The van der Waals surface area contributed by atoms with Crippen LogP contribution in [0.2, 0.25) is 0 Å².